The topological polar surface area (TPSA) is 109 Å². The molecule has 0 saturated heterocycles. The van der Waals surface area contributed by atoms with Crippen molar-refractivity contribution in [1.82, 2.24) is 19.8 Å². The van der Waals surface area contributed by atoms with E-state index in [-0.39, 0.29) is 17.2 Å². The van der Waals surface area contributed by atoms with Crippen LogP contribution in [0.1, 0.15) is 54.4 Å². The molecule has 2 amide bonds. The second-order valence-electron chi connectivity index (χ2n) is 13.3. The summed E-state index contributed by atoms with van der Waals surface area (Å²) in [5.74, 6) is -0.445. The van der Waals surface area contributed by atoms with E-state index in [1.54, 1.807) is 31.5 Å². The average molecular weight is 818 g/mol. The molecule has 0 aliphatic carbocycles. The molecule has 5 aromatic rings. The summed E-state index contributed by atoms with van der Waals surface area (Å²) in [7, 11) is 4.74. The number of hydrogen-bond acceptors (Lipinski definition) is 8. The van der Waals surface area contributed by atoms with Crippen LogP contribution in [-0.4, -0.2) is 65.9 Å². The highest BCUT2D eigenvalue weighted by atomic mass is 79.9. The van der Waals surface area contributed by atoms with Crippen LogP contribution in [0, 0.1) is 0 Å². The van der Waals surface area contributed by atoms with Gasteiger partial charge in [-0.3, -0.25) is 24.5 Å². The zero-order valence-corrected chi connectivity index (χ0v) is 32.1. The molecule has 7 rings (SSSR count). The zero-order chi connectivity index (χ0) is 39.1. The third-order valence-electron chi connectivity index (χ3n) is 9.29. The first-order chi connectivity index (χ1) is 26.4. The van der Waals surface area contributed by atoms with Crippen molar-refractivity contribution >= 4 is 39.1 Å². The third kappa shape index (κ3) is 10.1. The van der Waals surface area contributed by atoms with Crippen LogP contribution in [0.4, 0.5) is 24.5 Å². The van der Waals surface area contributed by atoms with Gasteiger partial charge >= 0.3 is 6.18 Å². The van der Waals surface area contributed by atoms with Crippen molar-refractivity contribution in [3.05, 3.63) is 140 Å². The highest BCUT2D eigenvalue weighted by molar-refractivity contribution is 9.10. The molecular weight excluding hydrogens is 777 g/mol. The molecule has 10 nitrogen and oxygen atoms in total. The molecule has 3 aromatic carbocycles. The van der Waals surface area contributed by atoms with Gasteiger partial charge in [0.2, 0.25) is 0 Å². The van der Waals surface area contributed by atoms with Gasteiger partial charge in [0.15, 0.2) is 0 Å². The number of pyridine rings is 2. The molecular formula is C41H40BrF3N6O4. The van der Waals surface area contributed by atoms with E-state index in [0.717, 1.165) is 79.7 Å². The van der Waals surface area contributed by atoms with Crippen molar-refractivity contribution in [3.8, 4) is 11.5 Å². The van der Waals surface area contributed by atoms with Gasteiger partial charge in [0, 0.05) is 68.1 Å². The Morgan fingerprint density at radius 3 is 1.91 bits per heavy atom. The fourth-order valence-corrected chi connectivity index (χ4v) is 6.99. The summed E-state index contributed by atoms with van der Waals surface area (Å²) in [5.41, 5.74) is 6.19. The average Bonchev–Trinajstić information content (AvgIpc) is 3.17. The summed E-state index contributed by atoms with van der Waals surface area (Å²) >= 11 is 3.42. The molecule has 14 heteroatoms. The Bertz CT molecular complexity index is 2170. The number of nitrogens with one attached hydrogen (secondary N) is 2. The molecule has 0 radical (unpaired) electrons. The highest BCUT2D eigenvalue weighted by Crippen LogP contribution is 2.37. The van der Waals surface area contributed by atoms with Crippen LogP contribution in [0.3, 0.4) is 0 Å². The van der Waals surface area contributed by atoms with Crippen molar-refractivity contribution in [2.75, 3.05) is 45.0 Å². The molecule has 2 aliphatic rings. The van der Waals surface area contributed by atoms with Gasteiger partial charge in [-0.2, -0.15) is 13.2 Å². The molecule has 0 atom stereocenters. The quantitative estimate of drug-likeness (QED) is 0.162. The fourth-order valence-electron chi connectivity index (χ4n) is 6.45. The van der Waals surface area contributed by atoms with Gasteiger partial charge in [-0.15, -0.1) is 0 Å². The van der Waals surface area contributed by atoms with Crippen LogP contribution < -0.4 is 20.1 Å². The van der Waals surface area contributed by atoms with E-state index >= 15 is 0 Å². The lowest BCUT2D eigenvalue weighted by Gasteiger charge is -2.28. The first kappa shape index (κ1) is 39.4. The first-order valence-electron chi connectivity index (χ1n) is 17.5. The molecule has 0 fully saturated rings. The number of hydrogen-bond donors (Lipinski definition) is 2. The number of halogens is 4. The molecule has 2 aromatic heterocycles. The number of carbonyl (C=O) groups is 2. The van der Waals surface area contributed by atoms with Crippen LogP contribution in [0.2, 0.25) is 0 Å². The molecule has 2 aliphatic heterocycles. The van der Waals surface area contributed by atoms with E-state index in [9.17, 15) is 22.8 Å². The van der Waals surface area contributed by atoms with Gasteiger partial charge in [-0.1, -0.05) is 30.3 Å². The van der Waals surface area contributed by atoms with Crippen molar-refractivity contribution in [2.45, 2.75) is 38.7 Å². The maximum absolute atomic E-state index is 13.1. The second kappa shape index (κ2) is 17.4. The van der Waals surface area contributed by atoms with Crippen molar-refractivity contribution in [2.24, 2.45) is 0 Å². The maximum Gasteiger partial charge on any atom is 0.419 e. The Morgan fingerprint density at radius 1 is 0.764 bits per heavy atom. The van der Waals surface area contributed by atoms with Gasteiger partial charge in [0.05, 0.1) is 48.0 Å². The van der Waals surface area contributed by atoms with Crippen LogP contribution in [-0.2, 0) is 38.7 Å². The van der Waals surface area contributed by atoms with Crippen molar-refractivity contribution < 1.29 is 32.2 Å². The van der Waals surface area contributed by atoms with Gasteiger partial charge in [-0.25, -0.2) is 0 Å². The summed E-state index contributed by atoms with van der Waals surface area (Å²) in [6.07, 6.45) is 0.396. The minimum atomic E-state index is -4.61. The standard InChI is InChI=1S/C23H22BrN3O2.C18H18F3N3O2/c1-29-22-8-7-17(12-20(22)24)23(28)26-19-11-18-15-27(10-9-21(18)25-13-19)14-16-5-3-2-4-6-16;1-24-6-5-15-12(10-24)7-13(9-22-15)23-17(25)11-3-4-16(26-2)14(8-11)18(19,20)21/h2-8,11-13H,9-10,14-15H2,1H3,(H,26,28);3-4,7-9H,5-6,10H2,1-2H3,(H,23,25). The van der Waals surface area contributed by atoms with E-state index in [0.29, 0.717) is 29.2 Å². The predicted molar refractivity (Wildman–Crippen MR) is 207 cm³/mol. The number of ether oxygens (including phenoxy) is 2. The van der Waals surface area contributed by atoms with Crippen LogP contribution in [0.5, 0.6) is 11.5 Å². The predicted octanol–water partition coefficient (Wildman–Crippen LogP) is 8.01. The number of carbonyl (C=O) groups excluding carboxylic acids is 2. The maximum atomic E-state index is 13.1. The Labute approximate surface area is 325 Å². The second-order valence-corrected chi connectivity index (χ2v) is 14.1. The summed E-state index contributed by atoms with van der Waals surface area (Å²) in [6, 6.07) is 22.8. The number of rotatable bonds is 8. The Balaban J connectivity index is 0.000000188. The van der Waals surface area contributed by atoms with Crippen molar-refractivity contribution in [1.29, 1.82) is 0 Å². The fraction of sp³-hybridized carbons (Fsp3) is 0.268. The number of likely N-dealkylation sites (N-methyl/N-ethyl adjacent to an activating group) is 1. The molecule has 2 N–H and O–H groups in total. The summed E-state index contributed by atoms with van der Waals surface area (Å²) in [4.78, 5) is 38.5. The molecule has 0 bridgehead atoms. The minimum absolute atomic E-state index is 0.104. The largest absolute Gasteiger partial charge is 0.496 e. The van der Waals surface area contributed by atoms with E-state index in [2.05, 4.69) is 70.6 Å². The Kier molecular flexibility index (Phi) is 12.5. The Morgan fingerprint density at radius 2 is 1.33 bits per heavy atom. The lowest BCUT2D eigenvalue weighted by atomic mass is 10.0. The van der Waals surface area contributed by atoms with Gasteiger partial charge < -0.3 is 25.0 Å². The van der Waals surface area contributed by atoms with E-state index in [1.165, 1.54) is 23.4 Å². The molecule has 0 saturated carbocycles. The minimum Gasteiger partial charge on any atom is -0.496 e. The molecule has 55 heavy (non-hydrogen) atoms. The number of benzene rings is 3. The lowest BCUT2D eigenvalue weighted by molar-refractivity contribution is -0.138. The van der Waals surface area contributed by atoms with Crippen molar-refractivity contribution in [3.63, 3.8) is 0 Å². The third-order valence-corrected chi connectivity index (χ3v) is 9.91. The number of anilines is 2. The Hall–Kier alpha value is -5.31. The number of alkyl halides is 3. The lowest BCUT2D eigenvalue weighted by Crippen LogP contribution is -2.30. The zero-order valence-electron chi connectivity index (χ0n) is 30.5. The summed E-state index contributed by atoms with van der Waals surface area (Å²) in [6.45, 7) is 4.36. The first-order valence-corrected chi connectivity index (χ1v) is 18.3. The number of aromatic nitrogens is 2. The van der Waals surface area contributed by atoms with Crippen LogP contribution in [0.25, 0.3) is 0 Å². The molecule has 286 valence electrons. The summed E-state index contributed by atoms with van der Waals surface area (Å²) < 4.78 is 50.0. The number of fused-ring (bicyclic) bond motifs is 2. The normalized spacial score (nSPS) is 14.1. The van der Waals surface area contributed by atoms with E-state index in [1.807, 2.05) is 25.2 Å². The number of nitrogens with zero attached hydrogens (tertiary/aromatic N) is 4. The van der Waals surface area contributed by atoms with E-state index < -0.39 is 17.6 Å². The van der Waals surface area contributed by atoms with Gasteiger partial charge in [0.25, 0.3) is 11.8 Å². The number of methoxy groups -OCH3 is 2. The highest BCUT2D eigenvalue weighted by Gasteiger charge is 2.35. The smallest absolute Gasteiger partial charge is 0.419 e. The summed E-state index contributed by atoms with van der Waals surface area (Å²) in [5, 5.41) is 5.57. The van der Waals surface area contributed by atoms with E-state index in [4.69, 9.17) is 9.47 Å². The van der Waals surface area contributed by atoms with Crippen LogP contribution >= 0.6 is 15.9 Å². The monoisotopic (exact) mass is 816 g/mol. The van der Waals surface area contributed by atoms with Gasteiger partial charge in [0.1, 0.15) is 11.5 Å². The van der Waals surface area contributed by atoms with Gasteiger partial charge in [-0.05, 0) is 88.2 Å². The molecule has 0 unspecified atom stereocenters. The number of amides is 2. The molecule has 4 heterocycles. The van der Waals surface area contributed by atoms with Crippen LogP contribution in [0.15, 0.2) is 95.7 Å². The SMILES string of the molecule is COc1ccc(C(=O)Nc2cnc3c(c2)CN(C)CC3)cc1C(F)(F)F.COc1ccc(C(=O)Nc2cnc3c(c2)CN(Cc2ccccc2)CC3)cc1Br. The molecule has 0 spiro atoms.